The van der Waals surface area contributed by atoms with Crippen molar-refractivity contribution in [2.45, 2.75) is 6.92 Å². The molecule has 0 atom stereocenters. The molecule has 0 bridgehead atoms. The predicted molar refractivity (Wildman–Crippen MR) is 89.9 cm³/mol. The van der Waals surface area contributed by atoms with Crippen LogP contribution in [0, 0.1) is 12.7 Å². The fourth-order valence-corrected chi connectivity index (χ4v) is 2.88. The number of benzene rings is 2. The maximum Gasteiger partial charge on any atom is 0.165 e. The van der Waals surface area contributed by atoms with Gasteiger partial charge >= 0.3 is 0 Å². The molecule has 1 N–H and O–H groups in total. The Morgan fingerprint density at radius 1 is 1.17 bits per heavy atom. The Kier molecular flexibility index (Phi) is 3.30. The summed E-state index contributed by atoms with van der Waals surface area (Å²) in [7, 11) is 1.45. The average molecular weight is 322 g/mol. The van der Waals surface area contributed by atoms with Crippen molar-refractivity contribution in [3.8, 4) is 22.8 Å². The number of aromatic nitrogens is 4. The van der Waals surface area contributed by atoms with E-state index in [1.54, 1.807) is 24.7 Å². The number of aryl methyl sites for hydroxylation is 1. The van der Waals surface area contributed by atoms with Gasteiger partial charge in [0.25, 0.3) is 0 Å². The second-order valence-corrected chi connectivity index (χ2v) is 5.53. The summed E-state index contributed by atoms with van der Waals surface area (Å²) < 4.78 is 20.6. The molecule has 5 nitrogen and oxygen atoms in total. The SMILES string of the molecule is COc1cc(-n2ccnc2-c2cc(C)c3nc[nH]c3c2)ccc1F. The maximum absolute atomic E-state index is 13.7. The largest absolute Gasteiger partial charge is 0.494 e. The molecule has 0 amide bonds. The van der Waals surface area contributed by atoms with Crippen LogP contribution >= 0.6 is 0 Å². The van der Waals surface area contributed by atoms with Crippen LogP contribution in [0.4, 0.5) is 4.39 Å². The lowest BCUT2D eigenvalue weighted by molar-refractivity contribution is 0.386. The van der Waals surface area contributed by atoms with E-state index in [0.29, 0.717) is 0 Å². The van der Waals surface area contributed by atoms with Crippen LogP contribution in [0.1, 0.15) is 5.56 Å². The summed E-state index contributed by atoms with van der Waals surface area (Å²) in [5.41, 5.74) is 4.70. The number of ether oxygens (including phenoxy) is 1. The van der Waals surface area contributed by atoms with Gasteiger partial charge in [-0.05, 0) is 36.8 Å². The lowest BCUT2D eigenvalue weighted by Gasteiger charge is -2.11. The van der Waals surface area contributed by atoms with Crippen LogP contribution in [0.3, 0.4) is 0 Å². The van der Waals surface area contributed by atoms with Crippen LogP contribution in [0.2, 0.25) is 0 Å². The zero-order valence-corrected chi connectivity index (χ0v) is 13.2. The van der Waals surface area contributed by atoms with E-state index in [1.807, 2.05) is 29.8 Å². The van der Waals surface area contributed by atoms with Crippen molar-refractivity contribution >= 4 is 11.0 Å². The molecule has 0 aliphatic heterocycles. The van der Waals surface area contributed by atoms with Gasteiger partial charge < -0.3 is 9.72 Å². The molecule has 120 valence electrons. The van der Waals surface area contributed by atoms with Crippen molar-refractivity contribution in [1.29, 1.82) is 0 Å². The quantitative estimate of drug-likeness (QED) is 0.623. The van der Waals surface area contributed by atoms with Gasteiger partial charge in [-0.25, -0.2) is 14.4 Å². The van der Waals surface area contributed by atoms with Gasteiger partial charge in [0.05, 0.1) is 30.2 Å². The lowest BCUT2D eigenvalue weighted by atomic mass is 10.1. The zero-order chi connectivity index (χ0) is 16.7. The Bertz CT molecular complexity index is 1030. The minimum Gasteiger partial charge on any atom is -0.494 e. The normalized spacial score (nSPS) is 11.1. The molecule has 0 saturated carbocycles. The first-order chi connectivity index (χ1) is 11.7. The first-order valence-corrected chi connectivity index (χ1v) is 7.49. The van der Waals surface area contributed by atoms with Gasteiger partial charge in [-0.15, -0.1) is 0 Å². The molecule has 24 heavy (non-hydrogen) atoms. The Balaban J connectivity index is 1.87. The summed E-state index contributed by atoms with van der Waals surface area (Å²) in [4.78, 5) is 11.9. The van der Waals surface area contributed by atoms with Crippen molar-refractivity contribution in [3.63, 3.8) is 0 Å². The first kappa shape index (κ1) is 14.4. The zero-order valence-electron chi connectivity index (χ0n) is 13.2. The fraction of sp³-hybridized carbons (Fsp3) is 0.111. The number of nitrogens with one attached hydrogen (secondary N) is 1. The number of hydrogen-bond acceptors (Lipinski definition) is 3. The Morgan fingerprint density at radius 2 is 2.04 bits per heavy atom. The molecule has 4 rings (SSSR count). The van der Waals surface area contributed by atoms with E-state index >= 15 is 0 Å². The van der Waals surface area contributed by atoms with Gasteiger partial charge in [0, 0.05) is 24.0 Å². The van der Waals surface area contributed by atoms with Gasteiger partial charge in [-0.2, -0.15) is 0 Å². The summed E-state index contributed by atoms with van der Waals surface area (Å²) in [5, 5.41) is 0. The van der Waals surface area contributed by atoms with Crippen LogP contribution in [0.25, 0.3) is 28.1 Å². The third-order valence-electron chi connectivity index (χ3n) is 4.03. The highest BCUT2D eigenvalue weighted by atomic mass is 19.1. The monoisotopic (exact) mass is 322 g/mol. The van der Waals surface area contributed by atoms with Crippen LogP contribution in [-0.2, 0) is 0 Å². The second kappa shape index (κ2) is 5.49. The number of nitrogens with zero attached hydrogens (tertiary/aromatic N) is 3. The summed E-state index contributed by atoms with van der Waals surface area (Å²) in [6, 6.07) is 8.80. The molecule has 0 fully saturated rings. The highest BCUT2D eigenvalue weighted by Crippen LogP contribution is 2.28. The fourth-order valence-electron chi connectivity index (χ4n) is 2.88. The van der Waals surface area contributed by atoms with Crippen molar-refractivity contribution in [1.82, 2.24) is 19.5 Å². The minimum atomic E-state index is -0.391. The van der Waals surface area contributed by atoms with E-state index in [-0.39, 0.29) is 5.75 Å². The topological polar surface area (TPSA) is 55.7 Å². The molecular formula is C18H15FN4O. The van der Waals surface area contributed by atoms with E-state index in [9.17, 15) is 4.39 Å². The van der Waals surface area contributed by atoms with Gasteiger partial charge in [0.15, 0.2) is 11.6 Å². The molecule has 0 spiro atoms. The molecule has 0 saturated heterocycles. The maximum atomic E-state index is 13.7. The third-order valence-corrected chi connectivity index (χ3v) is 4.03. The van der Waals surface area contributed by atoms with Gasteiger partial charge in [-0.3, -0.25) is 4.57 Å². The van der Waals surface area contributed by atoms with Crippen molar-refractivity contribution < 1.29 is 9.13 Å². The molecule has 2 aromatic carbocycles. The summed E-state index contributed by atoms with van der Waals surface area (Å²) >= 11 is 0. The smallest absolute Gasteiger partial charge is 0.165 e. The number of fused-ring (bicyclic) bond motifs is 1. The van der Waals surface area contributed by atoms with Gasteiger partial charge in [0.1, 0.15) is 5.82 Å². The molecule has 0 aliphatic carbocycles. The molecule has 2 heterocycles. The van der Waals surface area contributed by atoms with E-state index < -0.39 is 5.82 Å². The lowest BCUT2D eigenvalue weighted by Crippen LogP contribution is -1.98. The van der Waals surface area contributed by atoms with Crippen molar-refractivity contribution in [3.05, 3.63) is 60.4 Å². The van der Waals surface area contributed by atoms with Gasteiger partial charge in [-0.1, -0.05) is 0 Å². The van der Waals surface area contributed by atoms with Crippen LogP contribution in [0.5, 0.6) is 5.75 Å². The Hall–Kier alpha value is -3.15. The number of rotatable bonds is 3. The number of methoxy groups -OCH3 is 1. The first-order valence-electron chi connectivity index (χ1n) is 7.49. The number of imidazole rings is 2. The minimum absolute atomic E-state index is 0.201. The average Bonchev–Trinajstić information content (AvgIpc) is 3.24. The summed E-state index contributed by atoms with van der Waals surface area (Å²) in [6.45, 7) is 2.01. The predicted octanol–water partition coefficient (Wildman–Crippen LogP) is 3.87. The number of halogens is 1. The molecule has 6 heteroatoms. The van der Waals surface area contributed by atoms with E-state index in [1.165, 1.54) is 13.2 Å². The van der Waals surface area contributed by atoms with Crippen molar-refractivity contribution in [2.24, 2.45) is 0 Å². The number of H-pyrrole nitrogens is 1. The Morgan fingerprint density at radius 3 is 2.88 bits per heavy atom. The van der Waals surface area contributed by atoms with E-state index in [0.717, 1.165) is 33.7 Å². The highest BCUT2D eigenvalue weighted by Gasteiger charge is 2.13. The molecule has 0 radical (unpaired) electrons. The molecule has 0 aliphatic rings. The van der Waals surface area contributed by atoms with Crippen LogP contribution in [-0.4, -0.2) is 26.6 Å². The van der Waals surface area contributed by atoms with E-state index in [2.05, 4.69) is 15.0 Å². The second-order valence-electron chi connectivity index (χ2n) is 5.53. The third kappa shape index (κ3) is 2.23. The van der Waals surface area contributed by atoms with Crippen molar-refractivity contribution in [2.75, 3.05) is 7.11 Å². The van der Waals surface area contributed by atoms with E-state index in [4.69, 9.17) is 4.74 Å². The molecule has 4 aromatic rings. The number of aromatic amines is 1. The molecular weight excluding hydrogens is 307 g/mol. The highest BCUT2D eigenvalue weighted by molar-refractivity contribution is 5.83. The van der Waals surface area contributed by atoms with Crippen LogP contribution < -0.4 is 4.74 Å². The van der Waals surface area contributed by atoms with Crippen LogP contribution in [0.15, 0.2) is 49.1 Å². The van der Waals surface area contributed by atoms with Gasteiger partial charge in [0.2, 0.25) is 0 Å². The molecule has 0 unspecified atom stereocenters. The number of hydrogen-bond donors (Lipinski definition) is 1. The Labute approximate surface area is 137 Å². The standard InChI is InChI=1S/C18H15FN4O/c1-11-7-12(8-15-17(11)22-10-21-15)18-20-5-6-23(18)13-3-4-14(19)16(9-13)24-2/h3-10H,1-2H3,(H,21,22). The summed E-state index contributed by atoms with van der Waals surface area (Å²) in [5.74, 6) is 0.577. The molecule has 2 aromatic heterocycles. The summed E-state index contributed by atoms with van der Waals surface area (Å²) in [6.07, 6.45) is 5.24.